The molecular weight excluding hydrogens is 310 g/mol. The third kappa shape index (κ3) is 3.96. The van der Waals surface area contributed by atoms with Crippen LogP contribution in [0, 0.1) is 11.8 Å². The standard InChI is InChI=1S/C17H23N3O2S/c1-11(2)12(3)16(18)17(21)20-23(19,22)15-9-8-13-6-4-5-7-14(13)10-15/h4-12,16H,18H2,1-3H3,(H2,19,20,21,22)/t12-,16-,23?/m0/s1. The quantitative estimate of drug-likeness (QED) is 0.900. The Labute approximate surface area is 137 Å². The summed E-state index contributed by atoms with van der Waals surface area (Å²) in [7, 11) is -3.31. The van der Waals surface area contributed by atoms with E-state index >= 15 is 0 Å². The summed E-state index contributed by atoms with van der Waals surface area (Å²) < 4.78 is 16.4. The first-order valence-electron chi connectivity index (χ1n) is 7.55. The molecule has 0 aliphatic carbocycles. The molecule has 6 heteroatoms. The summed E-state index contributed by atoms with van der Waals surface area (Å²) in [5, 5.41) is 7.73. The number of hydrogen-bond acceptors (Lipinski definition) is 3. The molecule has 0 aliphatic rings. The first kappa shape index (κ1) is 17.6. The van der Waals surface area contributed by atoms with E-state index in [1.165, 1.54) is 0 Å². The molecule has 0 saturated heterocycles. The maximum atomic E-state index is 12.7. The maximum Gasteiger partial charge on any atom is 0.272 e. The van der Waals surface area contributed by atoms with Crippen LogP contribution in [0.25, 0.3) is 10.8 Å². The molecule has 2 rings (SSSR count). The van der Waals surface area contributed by atoms with Crippen molar-refractivity contribution in [1.82, 2.24) is 0 Å². The van der Waals surface area contributed by atoms with Gasteiger partial charge in [0.1, 0.15) is 9.92 Å². The van der Waals surface area contributed by atoms with Crippen molar-refractivity contribution in [3.63, 3.8) is 0 Å². The van der Waals surface area contributed by atoms with Crippen LogP contribution in [0.4, 0.5) is 0 Å². The van der Waals surface area contributed by atoms with Gasteiger partial charge in [-0.1, -0.05) is 51.1 Å². The van der Waals surface area contributed by atoms with Gasteiger partial charge < -0.3 is 5.73 Å². The van der Waals surface area contributed by atoms with Crippen LogP contribution in [-0.2, 0) is 14.7 Å². The highest BCUT2D eigenvalue weighted by molar-refractivity contribution is 7.91. The molecule has 1 unspecified atom stereocenters. The zero-order valence-corrected chi connectivity index (χ0v) is 14.4. The predicted octanol–water partition coefficient (Wildman–Crippen LogP) is 2.69. The van der Waals surface area contributed by atoms with Gasteiger partial charge >= 0.3 is 0 Å². The Morgan fingerprint density at radius 2 is 1.70 bits per heavy atom. The highest BCUT2D eigenvalue weighted by Crippen LogP contribution is 2.20. The Morgan fingerprint density at radius 1 is 1.09 bits per heavy atom. The number of nitrogens with zero attached hydrogens (tertiary/aromatic N) is 1. The summed E-state index contributed by atoms with van der Waals surface area (Å²) in [6, 6.07) is 12.0. The van der Waals surface area contributed by atoms with Crippen molar-refractivity contribution in [2.45, 2.75) is 31.7 Å². The van der Waals surface area contributed by atoms with Gasteiger partial charge in [-0.25, -0.2) is 9.35 Å². The van der Waals surface area contributed by atoms with E-state index in [0.717, 1.165) is 10.8 Å². The van der Waals surface area contributed by atoms with Gasteiger partial charge in [0, 0.05) is 0 Å². The lowest BCUT2D eigenvalue weighted by Gasteiger charge is -2.20. The molecule has 0 spiro atoms. The number of carbonyl (C=O) groups is 1. The average molecular weight is 333 g/mol. The smallest absolute Gasteiger partial charge is 0.272 e. The van der Waals surface area contributed by atoms with Crippen LogP contribution in [0.3, 0.4) is 0 Å². The molecule has 124 valence electrons. The zero-order chi connectivity index (χ0) is 17.2. The van der Waals surface area contributed by atoms with Gasteiger partial charge in [-0.3, -0.25) is 4.79 Å². The van der Waals surface area contributed by atoms with Crippen LogP contribution in [0.15, 0.2) is 51.7 Å². The lowest BCUT2D eigenvalue weighted by molar-refractivity contribution is -0.120. The number of amides is 1. The van der Waals surface area contributed by atoms with Crippen molar-refractivity contribution in [1.29, 1.82) is 0 Å². The summed E-state index contributed by atoms with van der Waals surface area (Å²) in [6.45, 7) is 5.82. The Hall–Kier alpha value is -1.76. The van der Waals surface area contributed by atoms with Gasteiger partial charge in [-0.2, -0.15) is 0 Å². The lowest BCUT2D eigenvalue weighted by Crippen LogP contribution is -2.39. The van der Waals surface area contributed by atoms with E-state index in [-0.39, 0.29) is 11.8 Å². The van der Waals surface area contributed by atoms with Crippen LogP contribution in [0.5, 0.6) is 0 Å². The number of benzene rings is 2. The van der Waals surface area contributed by atoms with Crippen molar-refractivity contribution in [2.75, 3.05) is 0 Å². The second kappa shape index (κ2) is 6.78. The molecule has 0 heterocycles. The van der Waals surface area contributed by atoms with E-state index in [0.29, 0.717) is 4.90 Å². The van der Waals surface area contributed by atoms with E-state index in [9.17, 15) is 9.00 Å². The van der Waals surface area contributed by atoms with E-state index in [2.05, 4.69) is 4.36 Å². The second-order valence-electron chi connectivity index (χ2n) is 6.14. The second-order valence-corrected chi connectivity index (χ2v) is 7.93. The van der Waals surface area contributed by atoms with Crippen LogP contribution in [-0.4, -0.2) is 16.2 Å². The molecule has 5 nitrogen and oxygen atoms in total. The number of carbonyl (C=O) groups excluding carboxylic acids is 1. The summed E-state index contributed by atoms with van der Waals surface area (Å²) >= 11 is 0. The monoisotopic (exact) mass is 333 g/mol. The first-order valence-corrected chi connectivity index (χ1v) is 9.13. The molecule has 4 N–H and O–H groups in total. The van der Waals surface area contributed by atoms with Crippen LogP contribution in [0.1, 0.15) is 20.8 Å². The van der Waals surface area contributed by atoms with E-state index in [1.54, 1.807) is 12.1 Å². The van der Waals surface area contributed by atoms with Crippen LogP contribution >= 0.6 is 0 Å². The van der Waals surface area contributed by atoms with Crippen molar-refractivity contribution in [3.05, 3.63) is 42.5 Å². The zero-order valence-electron chi connectivity index (χ0n) is 13.6. The summed E-state index contributed by atoms with van der Waals surface area (Å²) in [5.41, 5.74) is 5.91. The largest absolute Gasteiger partial charge is 0.320 e. The molecule has 3 atom stereocenters. The van der Waals surface area contributed by atoms with E-state index in [4.69, 9.17) is 10.9 Å². The molecular formula is C17H23N3O2S. The number of hydrogen-bond donors (Lipinski definition) is 2. The minimum absolute atomic E-state index is 0.0712. The number of fused-ring (bicyclic) bond motifs is 1. The van der Waals surface area contributed by atoms with E-state index in [1.807, 2.05) is 51.1 Å². The van der Waals surface area contributed by atoms with Crippen molar-refractivity contribution < 1.29 is 9.00 Å². The lowest BCUT2D eigenvalue weighted by atomic mass is 9.91. The Bertz CT molecular complexity index is 839. The summed E-state index contributed by atoms with van der Waals surface area (Å²) in [5.74, 6) is -0.469. The normalized spacial score (nSPS) is 16.8. The predicted molar refractivity (Wildman–Crippen MR) is 94.0 cm³/mol. The fourth-order valence-electron chi connectivity index (χ4n) is 2.24. The topological polar surface area (TPSA) is 98.5 Å². The molecule has 2 aromatic rings. The highest BCUT2D eigenvalue weighted by atomic mass is 32.2. The molecule has 2 aromatic carbocycles. The van der Waals surface area contributed by atoms with Gasteiger partial charge in [0.25, 0.3) is 5.91 Å². The fraction of sp³-hybridized carbons (Fsp3) is 0.353. The molecule has 0 aromatic heterocycles. The minimum atomic E-state index is -3.31. The first-order chi connectivity index (χ1) is 10.7. The third-order valence-electron chi connectivity index (χ3n) is 4.19. The fourth-order valence-corrected chi connectivity index (χ4v) is 3.29. The molecule has 1 amide bonds. The van der Waals surface area contributed by atoms with Gasteiger partial charge in [0.15, 0.2) is 0 Å². The Morgan fingerprint density at radius 3 is 2.30 bits per heavy atom. The van der Waals surface area contributed by atoms with Gasteiger partial charge in [0.05, 0.1) is 10.9 Å². The minimum Gasteiger partial charge on any atom is -0.320 e. The molecule has 23 heavy (non-hydrogen) atoms. The molecule has 0 radical (unpaired) electrons. The maximum absolute atomic E-state index is 12.7. The molecule has 0 saturated carbocycles. The van der Waals surface area contributed by atoms with Crippen molar-refractivity contribution in [2.24, 2.45) is 27.1 Å². The third-order valence-corrected chi connectivity index (χ3v) is 5.57. The SMILES string of the molecule is CC(C)[C@H](C)[C@H](N)C(=O)N=S(N)(=O)c1ccc2ccccc2c1. The van der Waals surface area contributed by atoms with Crippen LogP contribution < -0.4 is 10.9 Å². The van der Waals surface area contributed by atoms with E-state index < -0.39 is 21.9 Å². The number of nitrogens with two attached hydrogens (primary N) is 2. The van der Waals surface area contributed by atoms with Gasteiger partial charge in [-0.15, -0.1) is 4.36 Å². The van der Waals surface area contributed by atoms with Crippen molar-refractivity contribution >= 4 is 26.6 Å². The average Bonchev–Trinajstić information content (AvgIpc) is 2.52. The molecule has 0 aliphatic heterocycles. The number of rotatable bonds is 4. The van der Waals surface area contributed by atoms with Gasteiger partial charge in [-0.05, 0) is 34.7 Å². The molecule has 0 bridgehead atoms. The summed E-state index contributed by atoms with van der Waals surface area (Å²) in [6.07, 6.45) is 0. The Balaban J connectivity index is 2.38. The molecule has 0 fully saturated rings. The highest BCUT2D eigenvalue weighted by Gasteiger charge is 2.24. The Kier molecular flexibility index (Phi) is 5.19. The van der Waals surface area contributed by atoms with Crippen molar-refractivity contribution in [3.8, 4) is 0 Å². The summed E-state index contributed by atoms with van der Waals surface area (Å²) in [4.78, 5) is 12.5. The van der Waals surface area contributed by atoms with Gasteiger partial charge in [0.2, 0.25) is 0 Å². The van der Waals surface area contributed by atoms with Crippen LogP contribution in [0.2, 0.25) is 0 Å².